The first kappa shape index (κ1) is 8.14. The average molecular weight is 221 g/mol. The van der Waals surface area contributed by atoms with Gasteiger partial charge >= 0.3 is 0 Å². The third-order valence-corrected chi connectivity index (χ3v) is 2.88. The molecule has 0 saturated carbocycles. The van der Waals surface area contributed by atoms with Gasteiger partial charge in [0.1, 0.15) is 0 Å². The van der Waals surface area contributed by atoms with Crippen molar-refractivity contribution in [1.29, 1.82) is 0 Å². The fourth-order valence-electron chi connectivity index (χ4n) is 0.684. The van der Waals surface area contributed by atoms with E-state index in [0.29, 0.717) is 5.92 Å². The Morgan fingerprint density at radius 1 is 1.80 bits per heavy atom. The molecule has 0 fully saturated rings. The van der Waals surface area contributed by atoms with Gasteiger partial charge in [0.05, 0.1) is 5.69 Å². The highest BCUT2D eigenvalue weighted by Crippen LogP contribution is 2.08. The van der Waals surface area contributed by atoms with Crippen molar-refractivity contribution in [2.45, 2.75) is 13.3 Å². The molecule has 0 aromatic carbocycles. The lowest BCUT2D eigenvalue weighted by Crippen LogP contribution is -2.00. The van der Waals surface area contributed by atoms with Crippen LogP contribution in [0.1, 0.15) is 12.6 Å². The Balaban J connectivity index is 2.40. The minimum Gasteiger partial charge on any atom is -0.143 e. The van der Waals surface area contributed by atoms with Gasteiger partial charge < -0.3 is 0 Å². The molecule has 0 aliphatic rings. The van der Waals surface area contributed by atoms with E-state index in [-0.39, 0.29) is 0 Å². The number of nitrogens with zero attached hydrogens (tertiary/aromatic N) is 2. The van der Waals surface area contributed by atoms with E-state index in [4.69, 9.17) is 0 Å². The highest BCUT2D eigenvalue weighted by atomic mass is 79.9. The van der Waals surface area contributed by atoms with Crippen LogP contribution in [0, 0.1) is 5.92 Å². The fourth-order valence-corrected chi connectivity index (χ4v) is 1.38. The molecule has 10 heavy (non-hydrogen) atoms. The standard InChI is InChI=1S/C6H9BrN2S/c1-5(3-7)2-6-4-10-9-8-6/h4-5H,2-3H2,1H3. The topological polar surface area (TPSA) is 25.8 Å². The third kappa shape index (κ3) is 2.34. The van der Waals surface area contributed by atoms with Crippen molar-refractivity contribution in [3.8, 4) is 0 Å². The van der Waals surface area contributed by atoms with Crippen molar-refractivity contribution in [2.24, 2.45) is 5.92 Å². The molecular formula is C6H9BrN2S. The van der Waals surface area contributed by atoms with Gasteiger partial charge in [0.2, 0.25) is 0 Å². The van der Waals surface area contributed by atoms with Crippen LogP contribution in [0.25, 0.3) is 0 Å². The molecule has 0 N–H and O–H groups in total. The molecule has 0 saturated heterocycles. The van der Waals surface area contributed by atoms with Crippen molar-refractivity contribution >= 4 is 27.5 Å². The number of alkyl halides is 1. The molecule has 2 nitrogen and oxygen atoms in total. The molecule has 1 rings (SSSR count). The van der Waals surface area contributed by atoms with Crippen molar-refractivity contribution in [3.63, 3.8) is 0 Å². The third-order valence-electron chi connectivity index (χ3n) is 1.23. The minimum atomic E-state index is 0.656. The summed E-state index contributed by atoms with van der Waals surface area (Å²) >= 11 is 4.83. The van der Waals surface area contributed by atoms with Crippen LogP contribution >= 0.6 is 27.5 Å². The van der Waals surface area contributed by atoms with E-state index < -0.39 is 0 Å². The molecule has 1 heterocycles. The summed E-state index contributed by atoms with van der Waals surface area (Å²) in [4.78, 5) is 0. The van der Waals surface area contributed by atoms with E-state index in [0.717, 1.165) is 17.4 Å². The molecule has 0 spiro atoms. The van der Waals surface area contributed by atoms with Gasteiger partial charge in [-0.2, -0.15) is 0 Å². The second-order valence-corrected chi connectivity index (χ2v) is 3.62. The Labute approximate surface area is 72.9 Å². The van der Waals surface area contributed by atoms with E-state index in [1.54, 1.807) is 0 Å². The number of aromatic nitrogens is 2. The van der Waals surface area contributed by atoms with Crippen LogP contribution in [0.5, 0.6) is 0 Å². The lowest BCUT2D eigenvalue weighted by Gasteiger charge is -2.01. The predicted molar refractivity (Wildman–Crippen MR) is 46.6 cm³/mol. The van der Waals surface area contributed by atoms with Crippen molar-refractivity contribution in [1.82, 2.24) is 9.59 Å². The van der Waals surface area contributed by atoms with Crippen LogP contribution in [0.2, 0.25) is 0 Å². The number of rotatable bonds is 3. The summed E-state index contributed by atoms with van der Waals surface area (Å²) in [7, 11) is 0. The zero-order valence-electron chi connectivity index (χ0n) is 5.75. The Morgan fingerprint density at radius 3 is 3.10 bits per heavy atom. The maximum absolute atomic E-state index is 3.95. The second-order valence-electron chi connectivity index (χ2n) is 2.36. The van der Waals surface area contributed by atoms with E-state index in [1.807, 2.05) is 5.38 Å². The summed E-state index contributed by atoms with van der Waals surface area (Å²) in [6, 6.07) is 0. The number of hydrogen-bond acceptors (Lipinski definition) is 3. The van der Waals surface area contributed by atoms with Gasteiger partial charge in [-0.15, -0.1) is 5.10 Å². The number of hydrogen-bond donors (Lipinski definition) is 0. The van der Waals surface area contributed by atoms with Crippen LogP contribution in [0.4, 0.5) is 0 Å². The highest BCUT2D eigenvalue weighted by molar-refractivity contribution is 9.09. The quantitative estimate of drug-likeness (QED) is 0.730. The molecule has 0 aliphatic carbocycles. The zero-order valence-corrected chi connectivity index (χ0v) is 8.15. The van der Waals surface area contributed by atoms with Gasteiger partial charge in [0.15, 0.2) is 0 Å². The molecule has 0 amide bonds. The Bertz CT molecular complexity index is 176. The SMILES string of the molecule is CC(CBr)Cc1csnn1. The van der Waals surface area contributed by atoms with Crippen molar-refractivity contribution in [2.75, 3.05) is 5.33 Å². The maximum atomic E-state index is 3.95. The van der Waals surface area contributed by atoms with Crippen LogP contribution in [-0.2, 0) is 6.42 Å². The Hall–Kier alpha value is 0.0400. The van der Waals surface area contributed by atoms with Crippen molar-refractivity contribution < 1.29 is 0 Å². The Morgan fingerprint density at radius 2 is 2.60 bits per heavy atom. The summed E-state index contributed by atoms with van der Waals surface area (Å²) in [5.41, 5.74) is 1.11. The molecule has 0 aliphatic heterocycles. The van der Waals surface area contributed by atoms with Crippen LogP contribution in [-0.4, -0.2) is 14.9 Å². The maximum Gasteiger partial charge on any atom is 0.0758 e. The first-order valence-corrected chi connectivity index (χ1v) is 5.10. The molecule has 1 aromatic heterocycles. The normalized spacial score (nSPS) is 13.4. The summed E-state index contributed by atoms with van der Waals surface area (Å²) in [5.74, 6) is 0.656. The second kappa shape index (κ2) is 4.03. The van der Waals surface area contributed by atoms with E-state index in [2.05, 4.69) is 32.4 Å². The smallest absolute Gasteiger partial charge is 0.0758 e. The zero-order chi connectivity index (χ0) is 7.40. The summed E-state index contributed by atoms with van der Waals surface area (Å²) in [5, 5.41) is 6.98. The average Bonchev–Trinajstić information content (AvgIpc) is 2.40. The lowest BCUT2D eigenvalue weighted by molar-refractivity contribution is 0.648. The lowest BCUT2D eigenvalue weighted by atomic mass is 10.1. The molecule has 0 radical (unpaired) electrons. The van der Waals surface area contributed by atoms with Crippen molar-refractivity contribution in [3.05, 3.63) is 11.1 Å². The van der Waals surface area contributed by atoms with Gasteiger partial charge in [-0.3, -0.25) is 0 Å². The largest absolute Gasteiger partial charge is 0.143 e. The fraction of sp³-hybridized carbons (Fsp3) is 0.667. The molecule has 1 aromatic rings. The van der Waals surface area contributed by atoms with Gasteiger partial charge in [0.25, 0.3) is 0 Å². The summed E-state index contributed by atoms with van der Waals surface area (Å²) in [6.45, 7) is 2.19. The molecule has 1 atom stereocenters. The monoisotopic (exact) mass is 220 g/mol. The molecule has 56 valence electrons. The molecule has 4 heteroatoms. The summed E-state index contributed by atoms with van der Waals surface area (Å²) < 4.78 is 3.79. The first-order chi connectivity index (χ1) is 4.83. The van der Waals surface area contributed by atoms with E-state index in [1.165, 1.54) is 11.5 Å². The predicted octanol–water partition coefficient (Wildman–Crippen LogP) is 2.11. The summed E-state index contributed by atoms with van der Waals surface area (Å²) in [6.07, 6.45) is 1.03. The molecule has 0 bridgehead atoms. The molecular weight excluding hydrogens is 212 g/mol. The van der Waals surface area contributed by atoms with Crippen LogP contribution < -0.4 is 0 Å². The molecule has 1 unspecified atom stereocenters. The van der Waals surface area contributed by atoms with Gasteiger partial charge in [-0.25, -0.2) is 0 Å². The van der Waals surface area contributed by atoms with Crippen LogP contribution in [0.15, 0.2) is 5.38 Å². The van der Waals surface area contributed by atoms with Gasteiger partial charge in [0, 0.05) is 10.7 Å². The number of halogens is 1. The van der Waals surface area contributed by atoms with E-state index >= 15 is 0 Å². The Kier molecular flexibility index (Phi) is 3.28. The minimum absolute atomic E-state index is 0.656. The van der Waals surface area contributed by atoms with E-state index in [9.17, 15) is 0 Å². The van der Waals surface area contributed by atoms with Gasteiger partial charge in [-0.1, -0.05) is 27.3 Å². The van der Waals surface area contributed by atoms with Crippen LogP contribution in [0.3, 0.4) is 0 Å². The highest BCUT2D eigenvalue weighted by Gasteiger charge is 2.02. The van der Waals surface area contributed by atoms with Gasteiger partial charge in [-0.05, 0) is 23.9 Å². The first-order valence-electron chi connectivity index (χ1n) is 3.15.